The maximum atomic E-state index is 2.67. The molecule has 0 saturated heterocycles. The van der Waals surface area contributed by atoms with E-state index in [0.29, 0.717) is 0 Å². The fraction of sp³-hybridized carbons (Fsp3) is 0.0816. The number of benzene rings is 15. The van der Waals surface area contributed by atoms with Crippen molar-refractivity contribution in [3.63, 3.8) is 0 Å². The average molecular weight is 1380 g/mol. The number of hydrogen-bond acceptors (Lipinski definition) is 5. The molecule has 0 amide bonds. The first-order valence-electron chi connectivity index (χ1n) is 37.1. The van der Waals surface area contributed by atoms with E-state index in [1.54, 1.807) is 0 Å². The van der Waals surface area contributed by atoms with Crippen molar-refractivity contribution in [3.8, 4) is 39.1 Å². The summed E-state index contributed by atoms with van der Waals surface area (Å²) in [5.74, 6) is 0. The molecule has 0 atom stereocenters. The predicted octanol–water partition coefficient (Wildman–Crippen LogP) is 22.7. The molecule has 4 aliphatic rings. The lowest BCUT2D eigenvalue weighted by atomic mass is 9.31. The quantitative estimate of drug-likeness (QED) is 0.127. The van der Waals surface area contributed by atoms with Crippen molar-refractivity contribution in [2.24, 2.45) is 0 Å². The van der Waals surface area contributed by atoms with E-state index < -0.39 is 0 Å². The zero-order chi connectivity index (χ0) is 71.1. The van der Waals surface area contributed by atoms with Crippen molar-refractivity contribution < 1.29 is 0 Å². The van der Waals surface area contributed by atoms with Gasteiger partial charge >= 0.3 is 0 Å². The minimum Gasteiger partial charge on any atom is -0.311 e. The summed E-state index contributed by atoms with van der Waals surface area (Å²) in [6.45, 7) is 13.7. The van der Waals surface area contributed by atoms with Crippen molar-refractivity contribution in [3.05, 3.63) is 357 Å². The zero-order valence-electron chi connectivity index (χ0n) is 60.2. The summed E-state index contributed by atoms with van der Waals surface area (Å²) in [6.07, 6.45) is 0. The van der Waals surface area contributed by atoms with E-state index in [2.05, 4.69) is 411 Å². The third-order valence-electron chi connectivity index (χ3n) is 22.5. The van der Waals surface area contributed by atoms with Gasteiger partial charge in [0.2, 0.25) is 6.71 Å². The van der Waals surface area contributed by atoms with Crippen LogP contribution in [0.1, 0.15) is 52.7 Å². The Labute approximate surface area is 626 Å². The molecule has 0 saturated carbocycles. The van der Waals surface area contributed by atoms with Crippen LogP contribution in [0.2, 0.25) is 0 Å². The van der Waals surface area contributed by atoms with Crippen molar-refractivity contribution in [2.75, 3.05) is 19.6 Å². The first kappa shape index (κ1) is 63.5. The summed E-state index contributed by atoms with van der Waals surface area (Å²) < 4.78 is 2.61. The van der Waals surface area contributed by atoms with Crippen LogP contribution in [0.4, 0.5) is 68.2 Å². The van der Waals surface area contributed by atoms with Crippen LogP contribution >= 0.6 is 11.8 Å². The fourth-order valence-electron chi connectivity index (χ4n) is 17.6. The molecule has 0 fully saturated rings. The van der Waals surface area contributed by atoms with Gasteiger partial charge in [-0.1, -0.05) is 307 Å². The van der Waals surface area contributed by atoms with Crippen molar-refractivity contribution in [2.45, 2.75) is 62.2 Å². The SMILES string of the molecule is CC(C)(C)c1ccc2c3ccc(C(C)(C)C)cc3n(-c3cc4c5c(c3)N(c3ccccc3-c3ccccc3)c3ccccc3B5c3cc5c(cc3S4)N(c3ccccc3-c3ccccc3)c3cc(N(c4ccccc4)c4ccccc4-c4ccccc4)cc4c3B5c3ccccc3N4c3ccccc3)c2c1. The molecule has 0 N–H and O–H groups in total. The largest absolute Gasteiger partial charge is 0.311 e. The Balaban J connectivity index is 0.897. The molecule has 15 aromatic carbocycles. The van der Waals surface area contributed by atoms with Gasteiger partial charge in [-0.3, -0.25) is 0 Å². The van der Waals surface area contributed by atoms with Gasteiger partial charge in [0.05, 0.1) is 33.8 Å². The number of para-hydroxylation sites is 7. The summed E-state index contributed by atoms with van der Waals surface area (Å²) in [5, 5.41) is 2.50. The van der Waals surface area contributed by atoms with Crippen molar-refractivity contribution in [1.29, 1.82) is 0 Å². The van der Waals surface area contributed by atoms with E-state index in [-0.39, 0.29) is 24.3 Å². The maximum Gasteiger partial charge on any atom is 0.252 e. The Morgan fingerprint density at radius 2 is 0.717 bits per heavy atom. The lowest BCUT2D eigenvalue weighted by Gasteiger charge is -2.46. The third kappa shape index (κ3) is 10.2. The molecule has 0 unspecified atom stereocenters. The molecule has 0 bridgehead atoms. The van der Waals surface area contributed by atoms with Gasteiger partial charge in [-0.2, -0.15) is 0 Å². The summed E-state index contributed by atoms with van der Waals surface area (Å²) in [6, 6.07) is 130. The monoisotopic (exact) mass is 1380 g/mol. The molecular formula is C98H75B2N5S. The van der Waals surface area contributed by atoms with Gasteiger partial charge in [-0.05, 0) is 163 Å². The second kappa shape index (κ2) is 24.7. The fourth-order valence-corrected chi connectivity index (χ4v) is 18.8. The van der Waals surface area contributed by atoms with Gasteiger partial charge in [-0.25, -0.2) is 0 Å². The average Bonchev–Trinajstić information content (AvgIpc) is 0.719. The number of nitrogens with zero attached hydrogens (tertiary/aromatic N) is 5. The standard InChI is InChI=1S/C98H75B2N5S/c1-97(2,3)67-52-54-76-77-55-53-68(98(4,5)6)57-88(77)103(87(76)56-67)72-60-92-96-94(61-72)106-93-63-89-80(62-81(93)100(96)79-46-26-31-51-86(79)104(92)83-48-28-23-43-74(83)65-34-14-8-15-35-65)99-78-45-25-30-50-85(78)102(70-40-20-11-21-41-70)90-58-71(59-91(95(90)99)105(89)84-49-29-24-44-75(84)66-36-16-9-17-37-66)101(69-38-18-10-19-39-69)82-47-27-22-42-73(82)64-32-12-7-13-33-64/h7-63H,1-6H3. The van der Waals surface area contributed by atoms with Crippen LogP contribution in [-0.2, 0) is 10.8 Å². The second-order valence-electron chi connectivity index (χ2n) is 30.8. The summed E-state index contributed by atoms with van der Waals surface area (Å²) in [5.41, 5.74) is 34.1. The summed E-state index contributed by atoms with van der Waals surface area (Å²) in [4.78, 5) is 12.8. The van der Waals surface area contributed by atoms with Gasteiger partial charge in [0.25, 0.3) is 6.71 Å². The molecule has 1 aromatic heterocycles. The Hall–Kier alpha value is -12.2. The lowest BCUT2D eigenvalue weighted by Crippen LogP contribution is -2.64. The van der Waals surface area contributed by atoms with Crippen LogP contribution in [0.3, 0.4) is 0 Å². The Kier molecular flexibility index (Phi) is 14.8. The van der Waals surface area contributed by atoms with E-state index in [1.807, 2.05) is 11.8 Å². The predicted molar refractivity (Wildman–Crippen MR) is 453 cm³/mol. The Morgan fingerprint density at radius 1 is 0.283 bits per heavy atom. The van der Waals surface area contributed by atoms with Crippen molar-refractivity contribution in [1.82, 2.24) is 4.57 Å². The lowest BCUT2D eigenvalue weighted by molar-refractivity contribution is 0.591. The van der Waals surface area contributed by atoms with E-state index in [4.69, 9.17) is 0 Å². The van der Waals surface area contributed by atoms with Crippen LogP contribution in [-0.4, -0.2) is 18.0 Å². The Morgan fingerprint density at radius 3 is 1.27 bits per heavy atom. The topological polar surface area (TPSA) is 17.9 Å². The highest BCUT2D eigenvalue weighted by Gasteiger charge is 2.48. The molecule has 4 aliphatic heterocycles. The third-order valence-corrected chi connectivity index (χ3v) is 23.6. The normalized spacial score (nSPS) is 13.2. The highest BCUT2D eigenvalue weighted by molar-refractivity contribution is 8.00. The first-order valence-corrected chi connectivity index (χ1v) is 37.9. The molecule has 16 aromatic rings. The molecule has 504 valence electrons. The highest BCUT2D eigenvalue weighted by Crippen LogP contribution is 2.54. The van der Waals surface area contributed by atoms with Crippen molar-refractivity contribution >= 4 is 148 Å². The molecule has 20 rings (SSSR count). The molecule has 0 radical (unpaired) electrons. The van der Waals surface area contributed by atoms with E-state index >= 15 is 0 Å². The number of rotatable bonds is 10. The number of anilines is 12. The molecule has 0 spiro atoms. The van der Waals surface area contributed by atoms with Crippen LogP contribution in [0, 0.1) is 0 Å². The van der Waals surface area contributed by atoms with Crippen LogP contribution in [0.25, 0.3) is 60.9 Å². The molecule has 8 heteroatoms. The second-order valence-corrected chi connectivity index (χ2v) is 31.9. The summed E-state index contributed by atoms with van der Waals surface area (Å²) in [7, 11) is 0. The maximum absolute atomic E-state index is 2.67. The Bertz CT molecular complexity index is 6110. The van der Waals surface area contributed by atoms with Gasteiger partial charge in [0.1, 0.15) is 0 Å². The molecule has 5 heterocycles. The van der Waals surface area contributed by atoms with E-state index in [0.717, 1.165) is 84.8 Å². The van der Waals surface area contributed by atoms with E-state index in [9.17, 15) is 0 Å². The minimum atomic E-state index is -0.190. The molecule has 106 heavy (non-hydrogen) atoms. The zero-order valence-corrected chi connectivity index (χ0v) is 61.0. The van der Waals surface area contributed by atoms with Gasteiger partial charge in [0.15, 0.2) is 0 Å². The first-order chi connectivity index (χ1) is 51.9. The van der Waals surface area contributed by atoms with Gasteiger partial charge < -0.3 is 24.2 Å². The van der Waals surface area contributed by atoms with Crippen LogP contribution in [0.5, 0.6) is 0 Å². The number of hydrogen-bond donors (Lipinski definition) is 0. The van der Waals surface area contributed by atoms with Crippen LogP contribution < -0.4 is 52.4 Å². The van der Waals surface area contributed by atoms with Gasteiger partial charge in [-0.15, -0.1) is 0 Å². The number of aromatic nitrogens is 1. The van der Waals surface area contributed by atoms with Crippen LogP contribution in [0.15, 0.2) is 356 Å². The van der Waals surface area contributed by atoms with Gasteiger partial charge in [0, 0.05) is 88.4 Å². The van der Waals surface area contributed by atoms with E-state index in [1.165, 1.54) is 98.0 Å². The highest BCUT2D eigenvalue weighted by atomic mass is 32.2. The number of fused-ring (bicyclic) bond motifs is 11. The molecule has 0 aliphatic carbocycles. The molecule has 5 nitrogen and oxygen atoms in total. The smallest absolute Gasteiger partial charge is 0.252 e. The minimum absolute atomic E-state index is 0.0866. The molecular weight excluding hydrogens is 1300 g/mol. The summed E-state index contributed by atoms with van der Waals surface area (Å²) >= 11 is 1.94.